The molecule has 3 amide bonds. The van der Waals surface area contributed by atoms with Gasteiger partial charge in [0, 0.05) is 5.02 Å². The fourth-order valence-electron chi connectivity index (χ4n) is 2.08. The SMILES string of the molecule is CC(C)(NC(=O)[C@@H](CCCN)NC(=O)Cc1ccc(Cl)cc1)C(N)=O. The lowest BCUT2D eigenvalue weighted by Gasteiger charge is -2.26. The smallest absolute Gasteiger partial charge is 0.243 e. The van der Waals surface area contributed by atoms with Crippen LogP contribution in [0.4, 0.5) is 0 Å². The monoisotopic (exact) mass is 368 g/mol. The number of amides is 3. The average molecular weight is 369 g/mol. The van der Waals surface area contributed by atoms with Gasteiger partial charge in [0.15, 0.2) is 0 Å². The van der Waals surface area contributed by atoms with Crippen LogP contribution < -0.4 is 22.1 Å². The number of hydrogen-bond acceptors (Lipinski definition) is 4. The Hall–Kier alpha value is -2.12. The summed E-state index contributed by atoms with van der Waals surface area (Å²) >= 11 is 5.82. The van der Waals surface area contributed by atoms with E-state index in [0.29, 0.717) is 24.4 Å². The van der Waals surface area contributed by atoms with Crippen molar-refractivity contribution in [3.63, 3.8) is 0 Å². The van der Waals surface area contributed by atoms with E-state index in [9.17, 15) is 14.4 Å². The summed E-state index contributed by atoms with van der Waals surface area (Å²) in [6, 6.07) is 6.08. The lowest BCUT2D eigenvalue weighted by Crippen LogP contribution is -2.58. The van der Waals surface area contributed by atoms with E-state index in [1.807, 2.05) is 0 Å². The average Bonchev–Trinajstić information content (AvgIpc) is 2.53. The predicted octanol–water partition coefficient (Wildman–Crippen LogP) is 0.486. The summed E-state index contributed by atoms with van der Waals surface area (Å²) in [7, 11) is 0. The van der Waals surface area contributed by atoms with Gasteiger partial charge in [-0.15, -0.1) is 0 Å². The molecule has 1 atom stereocenters. The second-order valence-corrected chi connectivity index (χ2v) is 6.77. The zero-order chi connectivity index (χ0) is 19.0. The Morgan fingerprint density at radius 2 is 1.80 bits per heavy atom. The summed E-state index contributed by atoms with van der Waals surface area (Å²) < 4.78 is 0. The molecule has 1 rings (SSSR count). The summed E-state index contributed by atoms with van der Waals surface area (Å²) in [6.45, 7) is 3.39. The molecule has 0 heterocycles. The van der Waals surface area contributed by atoms with Crippen LogP contribution in [-0.2, 0) is 20.8 Å². The highest BCUT2D eigenvalue weighted by atomic mass is 35.5. The molecule has 0 aliphatic carbocycles. The van der Waals surface area contributed by atoms with Crippen molar-refractivity contribution in [2.45, 2.75) is 44.7 Å². The van der Waals surface area contributed by atoms with E-state index in [1.54, 1.807) is 24.3 Å². The minimum absolute atomic E-state index is 0.114. The van der Waals surface area contributed by atoms with Gasteiger partial charge in [0.2, 0.25) is 17.7 Å². The van der Waals surface area contributed by atoms with Gasteiger partial charge in [-0.25, -0.2) is 0 Å². The molecule has 0 radical (unpaired) electrons. The molecule has 0 fully saturated rings. The van der Waals surface area contributed by atoms with Crippen LogP contribution in [-0.4, -0.2) is 35.8 Å². The molecule has 8 heteroatoms. The second kappa shape index (κ2) is 9.39. The predicted molar refractivity (Wildman–Crippen MR) is 96.8 cm³/mol. The molecule has 0 saturated carbocycles. The number of carbonyl (C=O) groups excluding carboxylic acids is 3. The quantitative estimate of drug-likeness (QED) is 0.505. The highest BCUT2D eigenvalue weighted by Gasteiger charge is 2.30. The Morgan fingerprint density at radius 1 is 1.20 bits per heavy atom. The molecule has 0 spiro atoms. The van der Waals surface area contributed by atoms with Crippen molar-refractivity contribution in [3.8, 4) is 0 Å². The number of nitrogens with two attached hydrogens (primary N) is 2. The van der Waals surface area contributed by atoms with E-state index in [2.05, 4.69) is 10.6 Å². The van der Waals surface area contributed by atoms with E-state index in [0.717, 1.165) is 5.56 Å². The first-order chi connectivity index (χ1) is 11.7. The number of benzene rings is 1. The third kappa shape index (κ3) is 7.11. The molecule has 0 aromatic heterocycles. The van der Waals surface area contributed by atoms with Gasteiger partial charge in [0.25, 0.3) is 0 Å². The Balaban J connectivity index is 2.73. The van der Waals surface area contributed by atoms with E-state index in [-0.39, 0.29) is 12.3 Å². The first kappa shape index (κ1) is 20.9. The van der Waals surface area contributed by atoms with Gasteiger partial charge in [-0.1, -0.05) is 23.7 Å². The van der Waals surface area contributed by atoms with Gasteiger partial charge in [-0.3, -0.25) is 14.4 Å². The van der Waals surface area contributed by atoms with E-state index in [1.165, 1.54) is 13.8 Å². The first-order valence-electron chi connectivity index (χ1n) is 8.01. The maximum atomic E-state index is 12.4. The molecule has 0 saturated heterocycles. The van der Waals surface area contributed by atoms with Gasteiger partial charge in [0.1, 0.15) is 11.6 Å². The molecule has 0 aliphatic heterocycles. The van der Waals surface area contributed by atoms with Crippen LogP contribution in [0.25, 0.3) is 0 Å². The number of primary amides is 1. The third-order valence-corrected chi connectivity index (χ3v) is 3.93. The fourth-order valence-corrected chi connectivity index (χ4v) is 2.21. The molecule has 1 aromatic carbocycles. The molecule has 138 valence electrons. The van der Waals surface area contributed by atoms with Gasteiger partial charge >= 0.3 is 0 Å². The molecular weight excluding hydrogens is 344 g/mol. The largest absolute Gasteiger partial charge is 0.368 e. The minimum atomic E-state index is -1.21. The van der Waals surface area contributed by atoms with Crippen molar-refractivity contribution in [3.05, 3.63) is 34.9 Å². The van der Waals surface area contributed by atoms with Crippen molar-refractivity contribution in [2.24, 2.45) is 11.5 Å². The van der Waals surface area contributed by atoms with E-state index >= 15 is 0 Å². The molecule has 25 heavy (non-hydrogen) atoms. The summed E-state index contributed by atoms with van der Waals surface area (Å²) in [4.78, 5) is 36.0. The van der Waals surface area contributed by atoms with E-state index in [4.69, 9.17) is 23.1 Å². The van der Waals surface area contributed by atoms with Crippen LogP contribution in [0, 0.1) is 0 Å². The van der Waals surface area contributed by atoms with Gasteiger partial charge in [-0.05, 0) is 50.9 Å². The highest BCUT2D eigenvalue weighted by molar-refractivity contribution is 6.30. The zero-order valence-corrected chi connectivity index (χ0v) is 15.2. The van der Waals surface area contributed by atoms with Crippen molar-refractivity contribution in [2.75, 3.05) is 6.54 Å². The summed E-state index contributed by atoms with van der Waals surface area (Å²) in [5.74, 6) is -1.44. The summed E-state index contributed by atoms with van der Waals surface area (Å²) in [6.07, 6.45) is 1.03. The Kier molecular flexibility index (Phi) is 7.86. The second-order valence-electron chi connectivity index (χ2n) is 6.33. The molecule has 0 unspecified atom stereocenters. The van der Waals surface area contributed by atoms with Gasteiger partial charge in [-0.2, -0.15) is 0 Å². The Morgan fingerprint density at radius 3 is 2.32 bits per heavy atom. The molecule has 1 aromatic rings. The van der Waals surface area contributed by atoms with Crippen LogP contribution in [0.15, 0.2) is 24.3 Å². The van der Waals surface area contributed by atoms with Crippen LogP contribution in [0.2, 0.25) is 5.02 Å². The third-order valence-electron chi connectivity index (χ3n) is 3.68. The minimum Gasteiger partial charge on any atom is -0.368 e. The summed E-state index contributed by atoms with van der Waals surface area (Å²) in [5, 5.41) is 5.82. The van der Waals surface area contributed by atoms with Crippen LogP contribution in [0.5, 0.6) is 0 Å². The lowest BCUT2D eigenvalue weighted by atomic mass is 10.0. The maximum Gasteiger partial charge on any atom is 0.243 e. The number of carbonyl (C=O) groups is 3. The van der Waals surface area contributed by atoms with E-state index < -0.39 is 23.4 Å². The lowest BCUT2D eigenvalue weighted by molar-refractivity contribution is -0.133. The molecule has 0 aliphatic rings. The highest BCUT2D eigenvalue weighted by Crippen LogP contribution is 2.10. The molecular formula is C17H25ClN4O3. The zero-order valence-electron chi connectivity index (χ0n) is 14.5. The van der Waals surface area contributed by atoms with Crippen LogP contribution in [0.3, 0.4) is 0 Å². The fraction of sp³-hybridized carbons (Fsp3) is 0.471. The van der Waals surface area contributed by atoms with Crippen LogP contribution in [0.1, 0.15) is 32.3 Å². The number of nitrogens with one attached hydrogen (secondary N) is 2. The standard InChI is InChI=1S/C17H25ClN4O3/c1-17(2,16(20)25)22-15(24)13(4-3-9-19)21-14(23)10-11-5-7-12(18)8-6-11/h5-8,13H,3-4,9-10,19H2,1-2H3,(H2,20,25)(H,21,23)(H,22,24)/t13-/m1/s1. The molecule has 6 N–H and O–H groups in total. The van der Waals surface area contributed by atoms with Gasteiger partial charge < -0.3 is 22.1 Å². The number of hydrogen-bond donors (Lipinski definition) is 4. The Labute approximate surface area is 152 Å². The van der Waals surface area contributed by atoms with Crippen molar-refractivity contribution in [1.82, 2.24) is 10.6 Å². The van der Waals surface area contributed by atoms with Crippen molar-refractivity contribution >= 4 is 29.3 Å². The first-order valence-corrected chi connectivity index (χ1v) is 8.39. The summed E-state index contributed by atoms with van der Waals surface area (Å²) in [5.41, 5.74) is 10.3. The topological polar surface area (TPSA) is 127 Å². The molecule has 0 bridgehead atoms. The molecule has 7 nitrogen and oxygen atoms in total. The van der Waals surface area contributed by atoms with Gasteiger partial charge in [0.05, 0.1) is 6.42 Å². The number of rotatable bonds is 9. The Bertz CT molecular complexity index is 617. The van der Waals surface area contributed by atoms with Crippen molar-refractivity contribution < 1.29 is 14.4 Å². The maximum absolute atomic E-state index is 12.4. The number of halogens is 1. The normalized spacial score (nSPS) is 12.3. The van der Waals surface area contributed by atoms with Crippen molar-refractivity contribution in [1.29, 1.82) is 0 Å². The van der Waals surface area contributed by atoms with Crippen LogP contribution >= 0.6 is 11.6 Å².